The van der Waals surface area contributed by atoms with Crippen LogP contribution in [0.1, 0.15) is 80.1 Å². The summed E-state index contributed by atoms with van der Waals surface area (Å²) in [5.41, 5.74) is 3.27. The molecule has 48 heavy (non-hydrogen) atoms. The smallest absolute Gasteiger partial charge is 0.391 e. The van der Waals surface area contributed by atoms with Crippen molar-refractivity contribution in [1.29, 1.82) is 0 Å². The Balaban J connectivity index is 1.97. The SMILES string of the molecule is CCOC(=O)[C@H](C)NP(=O)(N[C@@H](C)C(=O)OCC)Oc1c(C/C=C(\C)CCC(=O)OCc2ccccc2)c(OC)c(C)c2c1C(=O)OC2. The molecule has 0 saturated carbocycles. The average Bonchev–Trinajstić information content (AvgIpc) is 3.45. The van der Waals surface area contributed by atoms with Crippen molar-refractivity contribution in [3.63, 3.8) is 0 Å². The van der Waals surface area contributed by atoms with Crippen molar-refractivity contribution in [2.24, 2.45) is 0 Å². The minimum Gasteiger partial charge on any atom is -0.496 e. The Morgan fingerprint density at radius 1 is 0.958 bits per heavy atom. The van der Waals surface area contributed by atoms with Crippen molar-refractivity contribution in [1.82, 2.24) is 10.2 Å². The van der Waals surface area contributed by atoms with Crippen molar-refractivity contribution in [2.75, 3.05) is 20.3 Å². The molecule has 1 heterocycles. The van der Waals surface area contributed by atoms with Gasteiger partial charge in [0.15, 0.2) is 5.75 Å². The van der Waals surface area contributed by atoms with E-state index in [4.69, 9.17) is 28.2 Å². The maximum atomic E-state index is 14.5. The number of fused-ring (bicyclic) bond motifs is 1. The highest BCUT2D eigenvalue weighted by atomic mass is 31.2. The fourth-order valence-electron chi connectivity index (χ4n) is 4.97. The van der Waals surface area contributed by atoms with E-state index in [1.165, 1.54) is 21.0 Å². The van der Waals surface area contributed by atoms with Gasteiger partial charge in [-0.25, -0.2) is 19.5 Å². The van der Waals surface area contributed by atoms with E-state index in [0.717, 1.165) is 11.1 Å². The van der Waals surface area contributed by atoms with Crippen LogP contribution in [0, 0.1) is 6.92 Å². The van der Waals surface area contributed by atoms with Crippen LogP contribution in [0.5, 0.6) is 11.5 Å². The Morgan fingerprint density at radius 3 is 2.12 bits per heavy atom. The zero-order chi connectivity index (χ0) is 35.4. The van der Waals surface area contributed by atoms with Gasteiger partial charge < -0.3 is 28.2 Å². The summed E-state index contributed by atoms with van der Waals surface area (Å²) in [4.78, 5) is 50.6. The fraction of sp³-hybridized carbons (Fsp3) is 0.471. The first-order valence-corrected chi connectivity index (χ1v) is 17.4. The predicted molar refractivity (Wildman–Crippen MR) is 176 cm³/mol. The van der Waals surface area contributed by atoms with Crippen molar-refractivity contribution >= 4 is 31.5 Å². The molecule has 1 aliphatic rings. The molecule has 0 saturated heterocycles. The van der Waals surface area contributed by atoms with Gasteiger partial charge >= 0.3 is 31.5 Å². The van der Waals surface area contributed by atoms with E-state index in [-0.39, 0.29) is 56.6 Å². The van der Waals surface area contributed by atoms with E-state index in [2.05, 4.69) is 10.2 Å². The average molecular weight is 689 g/mol. The molecule has 0 fully saturated rings. The number of nitrogens with one attached hydrogen (secondary N) is 2. The molecule has 0 amide bonds. The zero-order valence-corrected chi connectivity index (χ0v) is 29.4. The minimum absolute atomic E-state index is 0.0512. The molecular formula is C34H45N2O11P. The second kappa shape index (κ2) is 17.8. The molecule has 0 radical (unpaired) electrons. The number of methoxy groups -OCH3 is 1. The lowest BCUT2D eigenvalue weighted by Crippen LogP contribution is -2.43. The molecule has 13 nitrogen and oxygen atoms in total. The summed E-state index contributed by atoms with van der Waals surface area (Å²) in [6.45, 7) is 10.0. The zero-order valence-electron chi connectivity index (χ0n) is 28.5. The van der Waals surface area contributed by atoms with Crippen LogP contribution in [0.15, 0.2) is 42.0 Å². The Labute approximate surface area is 281 Å². The normalized spacial score (nSPS) is 14.0. The van der Waals surface area contributed by atoms with E-state index in [9.17, 15) is 23.7 Å². The molecule has 0 unspecified atom stereocenters. The molecule has 0 spiro atoms. The third kappa shape index (κ3) is 10.2. The van der Waals surface area contributed by atoms with E-state index < -0.39 is 37.7 Å². The summed E-state index contributed by atoms with van der Waals surface area (Å²) >= 11 is 0. The number of rotatable bonds is 18. The number of carbonyl (C=O) groups is 4. The molecule has 2 atom stereocenters. The number of benzene rings is 2. The van der Waals surface area contributed by atoms with Gasteiger partial charge in [0.05, 0.1) is 20.3 Å². The van der Waals surface area contributed by atoms with Gasteiger partial charge in [-0.2, -0.15) is 0 Å². The molecule has 2 aromatic rings. The van der Waals surface area contributed by atoms with Crippen LogP contribution in [0.4, 0.5) is 0 Å². The van der Waals surface area contributed by atoms with Gasteiger partial charge in [0.1, 0.15) is 36.6 Å². The maximum Gasteiger partial charge on any atom is 0.391 e. The quantitative estimate of drug-likeness (QED) is 0.0903. The largest absolute Gasteiger partial charge is 0.496 e. The summed E-state index contributed by atoms with van der Waals surface area (Å²) in [6, 6.07) is 7.09. The Hall–Kier alpha value is -4.19. The molecule has 2 aromatic carbocycles. The monoisotopic (exact) mass is 688 g/mol. The molecule has 0 aliphatic carbocycles. The first-order chi connectivity index (χ1) is 22.8. The highest BCUT2D eigenvalue weighted by Gasteiger charge is 2.40. The van der Waals surface area contributed by atoms with Gasteiger partial charge in [0.25, 0.3) is 0 Å². The van der Waals surface area contributed by atoms with Crippen LogP contribution in [-0.4, -0.2) is 56.3 Å². The van der Waals surface area contributed by atoms with E-state index >= 15 is 0 Å². The van der Waals surface area contributed by atoms with Gasteiger partial charge in [-0.1, -0.05) is 42.0 Å². The first-order valence-electron chi connectivity index (χ1n) is 15.8. The fourth-order valence-corrected chi connectivity index (χ4v) is 6.84. The summed E-state index contributed by atoms with van der Waals surface area (Å²) in [5.74, 6) is -2.20. The van der Waals surface area contributed by atoms with Crippen LogP contribution in [-0.2, 0) is 57.5 Å². The number of allylic oxidation sites excluding steroid dienone is 2. The molecule has 2 N–H and O–H groups in total. The summed E-state index contributed by atoms with van der Waals surface area (Å²) < 4.78 is 47.3. The molecule has 262 valence electrons. The Kier molecular flexibility index (Phi) is 14.2. The van der Waals surface area contributed by atoms with Crippen molar-refractivity contribution in [3.8, 4) is 11.5 Å². The molecular weight excluding hydrogens is 643 g/mol. The van der Waals surface area contributed by atoms with Crippen LogP contribution in [0.3, 0.4) is 0 Å². The highest BCUT2D eigenvalue weighted by Crippen LogP contribution is 2.49. The molecule has 3 rings (SSSR count). The predicted octanol–water partition coefficient (Wildman–Crippen LogP) is 5.26. The van der Waals surface area contributed by atoms with Crippen molar-refractivity contribution < 1.29 is 52.0 Å². The number of cyclic esters (lactones) is 1. The number of hydrogen-bond acceptors (Lipinski definition) is 11. The van der Waals surface area contributed by atoms with Gasteiger partial charge in [0, 0.05) is 17.5 Å². The van der Waals surface area contributed by atoms with Gasteiger partial charge in [-0.3, -0.25) is 14.4 Å². The topological polar surface area (TPSA) is 165 Å². The molecule has 0 bridgehead atoms. The standard InChI is InChI=1S/C34H45N2O11P/c1-8-43-32(38)23(5)35-48(41,36-24(6)33(39)44-9-2)47-31-26(30(42-7)22(4)27-20-46-34(40)29(27)31)17-15-21(3)16-18-28(37)45-19-25-13-11-10-12-14-25/h10-15,23-24H,8-9,16-20H2,1-7H3,(H2,35,36,41)/b21-15+/t23-,24-/m0/s1. The summed E-state index contributed by atoms with van der Waals surface area (Å²) in [6.07, 6.45) is 2.53. The number of esters is 4. The highest BCUT2D eigenvalue weighted by molar-refractivity contribution is 7.55. The Morgan fingerprint density at radius 2 is 1.56 bits per heavy atom. The van der Waals surface area contributed by atoms with Crippen LogP contribution < -0.4 is 19.4 Å². The van der Waals surface area contributed by atoms with Crippen LogP contribution in [0.2, 0.25) is 0 Å². The number of carbonyl (C=O) groups excluding carboxylic acids is 4. The first kappa shape index (κ1) is 38.3. The van der Waals surface area contributed by atoms with Crippen molar-refractivity contribution in [3.05, 3.63) is 69.8 Å². The lowest BCUT2D eigenvalue weighted by atomic mass is 9.94. The number of hydrogen-bond donors (Lipinski definition) is 2. The van der Waals surface area contributed by atoms with E-state index in [1.54, 1.807) is 20.8 Å². The van der Waals surface area contributed by atoms with Crippen LogP contribution in [0.25, 0.3) is 0 Å². The van der Waals surface area contributed by atoms with Gasteiger partial charge in [0.2, 0.25) is 0 Å². The van der Waals surface area contributed by atoms with E-state index in [0.29, 0.717) is 28.9 Å². The van der Waals surface area contributed by atoms with Gasteiger partial charge in [-0.15, -0.1) is 0 Å². The molecule has 1 aliphatic heterocycles. The maximum absolute atomic E-state index is 14.5. The van der Waals surface area contributed by atoms with Gasteiger partial charge in [-0.05, 0) is 65.5 Å². The third-order valence-corrected chi connectivity index (χ3v) is 9.37. The lowest BCUT2D eigenvalue weighted by molar-refractivity contribution is -0.145. The second-order valence-corrected chi connectivity index (χ2v) is 12.9. The van der Waals surface area contributed by atoms with E-state index in [1.807, 2.05) is 43.3 Å². The second-order valence-electron chi connectivity index (χ2n) is 11.1. The molecule has 14 heteroatoms. The van der Waals surface area contributed by atoms with Crippen LogP contribution >= 0.6 is 7.67 Å². The van der Waals surface area contributed by atoms with Crippen molar-refractivity contribution in [2.45, 2.75) is 86.1 Å². The summed E-state index contributed by atoms with van der Waals surface area (Å²) in [7, 11) is -2.93. The third-order valence-electron chi connectivity index (χ3n) is 7.47. The molecule has 0 aromatic heterocycles. The lowest BCUT2D eigenvalue weighted by Gasteiger charge is -2.28. The summed E-state index contributed by atoms with van der Waals surface area (Å²) in [5, 5.41) is 5.28. The minimum atomic E-state index is -4.39. The number of ether oxygens (including phenoxy) is 5. The Bertz CT molecular complexity index is 1530.